The summed E-state index contributed by atoms with van der Waals surface area (Å²) in [5, 5.41) is 13.3. The van der Waals surface area contributed by atoms with Crippen LogP contribution in [0.15, 0.2) is 22.7 Å². The number of aryl methyl sites for hydroxylation is 2. The molecule has 0 unspecified atom stereocenters. The van der Waals surface area contributed by atoms with E-state index in [4.69, 9.17) is 5.26 Å². The van der Waals surface area contributed by atoms with Crippen molar-refractivity contribution in [1.29, 1.82) is 5.26 Å². The number of benzene rings is 1. The average Bonchev–Trinajstić information content (AvgIpc) is 2.64. The van der Waals surface area contributed by atoms with E-state index in [1.807, 2.05) is 7.05 Å². The van der Waals surface area contributed by atoms with Crippen LogP contribution in [0, 0.1) is 18.3 Å². The van der Waals surface area contributed by atoms with Crippen LogP contribution in [-0.2, 0) is 12.5 Å². The molecule has 2 rings (SSSR count). The third-order valence-electron chi connectivity index (χ3n) is 3.45. The topological polar surface area (TPSA) is 41.6 Å². The van der Waals surface area contributed by atoms with Crippen LogP contribution in [-0.4, -0.2) is 9.78 Å². The second-order valence-corrected chi connectivity index (χ2v) is 6.82. The van der Waals surface area contributed by atoms with Gasteiger partial charge in [0.25, 0.3) is 0 Å². The summed E-state index contributed by atoms with van der Waals surface area (Å²) in [7, 11) is 1.87. The Balaban J connectivity index is 2.71. The number of nitriles is 1. The molecule has 4 heteroatoms. The van der Waals surface area contributed by atoms with E-state index in [0.29, 0.717) is 5.69 Å². The Kier molecular flexibility index (Phi) is 3.75. The summed E-state index contributed by atoms with van der Waals surface area (Å²) in [6.07, 6.45) is 0. The Morgan fingerprint density at radius 2 is 1.95 bits per heavy atom. The zero-order valence-electron chi connectivity index (χ0n) is 12.5. The van der Waals surface area contributed by atoms with E-state index in [1.54, 1.807) is 4.68 Å². The Bertz CT molecular complexity index is 700. The molecule has 0 bridgehead atoms. The largest absolute Gasteiger partial charge is 0.265 e. The summed E-state index contributed by atoms with van der Waals surface area (Å²) < 4.78 is 2.52. The lowest BCUT2D eigenvalue weighted by Gasteiger charge is -2.21. The summed E-state index contributed by atoms with van der Waals surface area (Å²) in [5.74, 6) is 0. The molecule has 1 aromatic heterocycles. The molecule has 0 spiro atoms. The van der Waals surface area contributed by atoms with Crippen LogP contribution in [0.3, 0.4) is 0 Å². The maximum atomic E-state index is 9.10. The molecule has 0 aliphatic rings. The molecule has 0 aliphatic carbocycles. The van der Waals surface area contributed by atoms with Crippen LogP contribution >= 0.6 is 15.9 Å². The van der Waals surface area contributed by atoms with Crippen molar-refractivity contribution in [3.8, 4) is 17.3 Å². The summed E-state index contributed by atoms with van der Waals surface area (Å²) in [4.78, 5) is 0. The molecule has 0 radical (unpaired) electrons. The van der Waals surface area contributed by atoms with Gasteiger partial charge in [-0.15, -0.1) is 0 Å². The van der Waals surface area contributed by atoms with Crippen molar-refractivity contribution >= 4 is 15.9 Å². The van der Waals surface area contributed by atoms with E-state index in [2.05, 4.69) is 73.0 Å². The molecule has 0 aliphatic heterocycles. The van der Waals surface area contributed by atoms with Crippen molar-refractivity contribution in [3.05, 3.63) is 39.5 Å². The van der Waals surface area contributed by atoms with Gasteiger partial charge in [0.1, 0.15) is 6.07 Å². The first kappa shape index (κ1) is 14.8. The molecule has 1 aromatic carbocycles. The number of hydrogen-bond donors (Lipinski definition) is 0. The maximum Gasteiger partial charge on any atom is 0.177 e. The molecule has 1 heterocycles. The Labute approximate surface area is 128 Å². The van der Waals surface area contributed by atoms with Gasteiger partial charge in [0.05, 0.1) is 10.2 Å². The molecular weight excluding hydrogens is 314 g/mol. The van der Waals surface area contributed by atoms with Gasteiger partial charge in [-0.2, -0.15) is 10.4 Å². The molecule has 0 atom stereocenters. The van der Waals surface area contributed by atoms with E-state index < -0.39 is 0 Å². The van der Waals surface area contributed by atoms with Gasteiger partial charge < -0.3 is 0 Å². The van der Waals surface area contributed by atoms with Crippen LogP contribution in [0.4, 0.5) is 0 Å². The van der Waals surface area contributed by atoms with Crippen LogP contribution in [0.1, 0.15) is 37.6 Å². The Hall–Kier alpha value is -1.60. The maximum absolute atomic E-state index is 9.10. The van der Waals surface area contributed by atoms with Gasteiger partial charge in [0, 0.05) is 12.6 Å². The van der Waals surface area contributed by atoms with E-state index >= 15 is 0 Å². The number of rotatable bonds is 1. The number of nitrogens with zero attached hydrogens (tertiary/aromatic N) is 3. The lowest BCUT2D eigenvalue weighted by atomic mass is 9.85. The molecular formula is C16H18BrN3. The van der Waals surface area contributed by atoms with Crippen LogP contribution in [0.5, 0.6) is 0 Å². The van der Waals surface area contributed by atoms with Crippen molar-refractivity contribution in [3.63, 3.8) is 0 Å². The summed E-state index contributed by atoms with van der Waals surface area (Å²) in [5.41, 5.74) is 5.01. The molecule has 3 nitrogen and oxygen atoms in total. The first-order valence-electron chi connectivity index (χ1n) is 6.50. The van der Waals surface area contributed by atoms with Gasteiger partial charge in [-0.25, -0.2) is 0 Å². The molecule has 104 valence electrons. The first-order valence-corrected chi connectivity index (χ1v) is 7.29. The Morgan fingerprint density at radius 1 is 1.30 bits per heavy atom. The third-order valence-corrected chi connectivity index (χ3v) is 4.21. The lowest BCUT2D eigenvalue weighted by molar-refractivity contribution is 0.590. The van der Waals surface area contributed by atoms with E-state index in [1.165, 1.54) is 11.1 Å². The highest BCUT2D eigenvalue weighted by molar-refractivity contribution is 9.10. The van der Waals surface area contributed by atoms with Crippen LogP contribution in [0.2, 0.25) is 0 Å². The van der Waals surface area contributed by atoms with Crippen LogP contribution in [0.25, 0.3) is 11.3 Å². The quantitative estimate of drug-likeness (QED) is 0.780. The summed E-state index contributed by atoms with van der Waals surface area (Å²) in [6, 6.07) is 8.59. The van der Waals surface area contributed by atoms with Gasteiger partial charge in [-0.1, -0.05) is 32.9 Å². The van der Waals surface area contributed by atoms with E-state index in [9.17, 15) is 0 Å². The fraction of sp³-hybridized carbons (Fsp3) is 0.375. The number of hydrogen-bond acceptors (Lipinski definition) is 2. The van der Waals surface area contributed by atoms with Gasteiger partial charge in [-0.3, -0.25) is 4.68 Å². The smallest absolute Gasteiger partial charge is 0.177 e. The highest BCUT2D eigenvalue weighted by Crippen LogP contribution is 2.35. The van der Waals surface area contributed by atoms with Crippen molar-refractivity contribution in [1.82, 2.24) is 9.78 Å². The molecule has 0 fully saturated rings. The zero-order chi connectivity index (χ0) is 15.1. The third kappa shape index (κ3) is 2.51. The molecule has 0 N–H and O–H groups in total. The van der Waals surface area contributed by atoms with Crippen molar-refractivity contribution < 1.29 is 0 Å². The second kappa shape index (κ2) is 5.06. The zero-order valence-corrected chi connectivity index (χ0v) is 14.0. The number of aromatic nitrogens is 2. The minimum Gasteiger partial charge on any atom is -0.265 e. The van der Waals surface area contributed by atoms with Crippen LogP contribution < -0.4 is 0 Å². The predicted octanol–water partition coefficient (Wildman–Crippen LogP) is 4.33. The SMILES string of the molecule is Cc1ccc(C(C)(C)C)cc1-c1c(Br)c(C#N)nn1C. The first-order chi connectivity index (χ1) is 9.25. The van der Waals surface area contributed by atoms with Crippen molar-refractivity contribution in [2.75, 3.05) is 0 Å². The molecule has 0 saturated carbocycles. The van der Waals surface area contributed by atoms with Crippen molar-refractivity contribution in [2.45, 2.75) is 33.1 Å². The fourth-order valence-electron chi connectivity index (χ4n) is 2.21. The van der Waals surface area contributed by atoms with Gasteiger partial charge in [0.15, 0.2) is 5.69 Å². The standard InChI is InChI=1S/C16H18BrN3/c1-10-6-7-11(16(2,3)4)8-12(10)15-14(17)13(9-18)19-20(15)5/h6-8H,1-5H3. The monoisotopic (exact) mass is 331 g/mol. The highest BCUT2D eigenvalue weighted by atomic mass is 79.9. The molecule has 0 amide bonds. The number of halogens is 1. The average molecular weight is 332 g/mol. The van der Waals surface area contributed by atoms with E-state index in [-0.39, 0.29) is 5.41 Å². The predicted molar refractivity (Wildman–Crippen MR) is 84.5 cm³/mol. The normalized spacial score (nSPS) is 11.4. The lowest BCUT2D eigenvalue weighted by Crippen LogP contribution is -2.11. The van der Waals surface area contributed by atoms with Crippen molar-refractivity contribution in [2.24, 2.45) is 7.05 Å². The van der Waals surface area contributed by atoms with Gasteiger partial charge in [0.2, 0.25) is 0 Å². The second-order valence-electron chi connectivity index (χ2n) is 6.03. The minimum absolute atomic E-state index is 0.0889. The van der Waals surface area contributed by atoms with E-state index in [0.717, 1.165) is 15.7 Å². The molecule has 2 aromatic rings. The van der Waals surface area contributed by atoms with Gasteiger partial charge in [-0.05, 0) is 45.5 Å². The minimum atomic E-state index is 0.0889. The van der Waals surface area contributed by atoms with Gasteiger partial charge >= 0.3 is 0 Å². The molecule has 0 saturated heterocycles. The summed E-state index contributed by atoms with van der Waals surface area (Å²) >= 11 is 3.50. The summed E-state index contributed by atoms with van der Waals surface area (Å²) in [6.45, 7) is 8.66. The molecule has 20 heavy (non-hydrogen) atoms. The Morgan fingerprint density at radius 3 is 2.45 bits per heavy atom. The fourth-order valence-corrected chi connectivity index (χ4v) is 2.84. The highest BCUT2D eigenvalue weighted by Gasteiger charge is 2.20.